The van der Waals surface area contributed by atoms with Gasteiger partial charge in [0.1, 0.15) is 0 Å². The van der Waals surface area contributed by atoms with Gasteiger partial charge in [-0.05, 0) is 11.1 Å². The van der Waals surface area contributed by atoms with Gasteiger partial charge in [-0.25, -0.2) is 0 Å². The monoisotopic (exact) mass is 134 g/mol. The van der Waals surface area contributed by atoms with Crippen molar-refractivity contribution in [2.45, 2.75) is 6.61 Å². The number of benzene rings is 1. The minimum Gasteiger partial charge on any atom is -0.392 e. The van der Waals surface area contributed by atoms with E-state index in [9.17, 15) is 0 Å². The van der Waals surface area contributed by atoms with E-state index in [4.69, 9.17) is 5.11 Å². The van der Waals surface area contributed by atoms with Crippen molar-refractivity contribution in [3.05, 3.63) is 42.0 Å². The standard InChI is InChI=1S/C9H10O/c1-2-8-5-3-4-6-9(8)7-10/h2-6,10H,1,7H2. The Balaban J connectivity index is 3.08. The molecule has 0 amide bonds. The van der Waals surface area contributed by atoms with Crippen LogP contribution in [0.4, 0.5) is 0 Å². The number of hydrogen-bond donors (Lipinski definition) is 1. The summed E-state index contributed by atoms with van der Waals surface area (Å²) in [7, 11) is 0. The van der Waals surface area contributed by atoms with Crippen LogP contribution in [0.5, 0.6) is 0 Å². The summed E-state index contributed by atoms with van der Waals surface area (Å²) in [6, 6.07) is 7.64. The Kier molecular flexibility index (Phi) is 2.24. The van der Waals surface area contributed by atoms with E-state index in [0.717, 1.165) is 11.1 Å². The van der Waals surface area contributed by atoms with Crippen LogP contribution in [0.1, 0.15) is 11.1 Å². The van der Waals surface area contributed by atoms with E-state index in [-0.39, 0.29) is 6.61 Å². The van der Waals surface area contributed by atoms with Crippen molar-refractivity contribution in [1.29, 1.82) is 0 Å². The molecule has 0 saturated carbocycles. The Hall–Kier alpha value is -1.08. The van der Waals surface area contributed by atoms with Crippen LogP contribution in [-0.4, -0.2) is 5.11 Å². The van der Waals surface area contributed by atoms with Crippen molar-refractivity contribution < 1.29 is 5.11 Å². The average molecular weight is 134 g/mol. The first kappa shape index (κ1) is 7.03. The Bertz CT molecular complexity index is 228. The molecule has 0 bridgehead atoms. The van der Waals surface area contributed by atoms with Gasteiger partial charge < -0.3 is 5.11 Å². The summed E-state index contributed by atoms with van der Waals surface area (Å²) in [6.07, 6.45) is 1.74. The first-order valence-corrected chi connectivity index (χ1v) is 3.19. The maximum absolute atomic E-state index is 8.80. The molecule has 0 aliphatic heterocycles. The molecule has 1 nitrogen and oxygen atoms in total. The predicted molar refractivity (Wildman–Crippen MR) is 42.5 cm³/mol. The molecule has 1 rings (SSSR count). The maximum Gasteiger partial charge on any atom is 0.0687 e. The Labute approximate surface area is 60.6 Å². The minimum atomic E-state index is 0.0855. The van der Waals surface area contributed by atoms with Crippen molar-refractivity contribution in [2.24, 2.45) is 0 Å². The first-order valence-electron chi connectivity index (χ1n) is 3.19. The highest BCUT2D eigenvalue weighted by atomic mass is 16.3. The highest BCUT2D eigenvalue weighted by molar-refractivity contribution is 5.51. The molecule has 0 radical (unpaired) electrons. The summed E-state index contributed by atoms with van der Waals surface area (Å²) in [4.78, 5) is 0. The lowest BCUT2D eigenvalue weighted by Crippen LogP contribution is -1.85. The molecule has 0 aliphatic carbocycles. The largest absolute Gasteiger partial charge is 0.392 e. The van der Waals surface area contributed by atoms with E-state index in [2.05, 4.69) is 6.58 Å². The zero-order valence-electron chi connectivity index (χ0n) is 5.75. The predicted octanol–water partition coefficient (Wildman–Crippen LogP) is 1.82. The van der Waals surface area contributed by atoms with Gasteiger partial charge in [0.2, 0.25) is 0 Å². The molecule has 0 spiro atoms. The number of rotatable bonds is 2. The van der Waals surface area contributed by atoms with Gasteiger partial charge in [-0.3, -0.25) is 0 Å². The zero-order chi connectivity index (χ0) is 7.40. The number of aliphatic hydroxyl groups excluding tert-OH is 1. The molecule has 1 aromatic carbocycles. The molecule has 0 atom stereocenters. The summed E-state index contributed by atoms with van der Waals surface area (Å²) in [6.45, 7) is 3.71. The first-order chi connectivity index (χ1) is 4.88. The van der Waals surface area contributed by atoms with Gasteiger partial charge in [0, 0.05) is 0 Å². The Morgan fingerprint density at radius 3 is 2.60 bits per heavy atom. The molecular formula is C9H10O. The summed E-state index contributed by atoms with van der Waals surface area (Å²) < 4.78 is 0. The van der Waals surface area contributed by atoms with Crippen LogP contribution in [0.25, 0.3) is 6.08 Å². The maximum atomic E-state index is 8.80. The fraction of sp³-hybridized carbons (Fsp3) is 0.111. The smallest absolute Gasteiger partial charge is 0.0687 e. The van der Waals surface area contributed by atoms with E-state index < -0.39 is 0 Å². The summed E-state index contributed by atoms with van der Waals surface area (Å²) in [5.74, 6) is 0. The molecule has 0 unspecified atom stereocenters. The van der Waals surface area contributed by atoms with Crippen LogP contribution in [0.3, 0.4) is 0 Å². The second-order valence-corrected chi connectivity index (χ2v) is 2.06. The summed E-state index contributed by atoms with van der Waals surface area (Å²) in [5.41, 5.74) is 1.93. The van der Waals surface area contributed by atoms with Crippen molar-refractivity contribution in [1.82, 2.24) is 0 Å². The average Bonchev–Trinajstić information content (AvgIpc) is 2.04. The van der Waals surface area contributed by atoms with E-state index in [1.807, 2.05) is 24.3 Å². The zero-order valence-corrected chi connectivity index (χ0v) is 5.75. The highest BCUT2D eigenvalue weighted by Gasteiger charge is 1.92. The van der Waals surface area contributed by atoms with Crippen LogP contribution >= 0.6 is 0 Å². The van der Waals surface area contributed by atoms with Crippen molar-refractivity contribution in [2.75, 3.05) is 0 Å². The third kappa shape index (κ3) is 1.25. The molecular weight excluding hydrogens is 124 g/mol. The van der Waals surface area contributed by atoms with E-state index in [1.165, 1.54) is 0 Å². The third-order valence-electron chi connectivity index (χ3n) is 1.45. The van der Waals surface area contributed by atoms with Crippen LogP contribution in [-0.2, 0) is 6.61 Å². The lowest BCUT2D eigenvalue weighted by Gasteiger charge is -1.99. The van der Waals surface area contributed by atoms with Crippen LogP contribution in [0.2, 0.25) is 0 Å². The molecule has 10 heavy (non-hydrogen) atoms. The molecule has 52 valence electrons. The molecule has 1 N–H and O–H groups in total. The number of aliphatic hydroxyl groups is 1. The minimum absolute atomic E-state index is 0.0855. The van der Waals surface area contributed by atoms with Gasteiger partial charge in [0.05, 0.1) is 6.61 Å². The van der Waals surface area contributed by atoms with Crippen LogP contribution in [0, 0.1) is 0 Å². The van der Waals surface area contributed by atoms with E-state index in [1.54, 1.807) is 6.08 Å². The van der Waals surface area contributed by atoms with Crippen LogP contribution < -0.4 is 0 Å². The summed E-state index contributed by atoms with van der Waals surface area (Å²) >= 11 is 0. The topological polar surface area (TPSA) is 20.2 Å². The van der Waals surface area contributed by atoms with E-state index >= 15 is 0 Å². The van der Waals surface area contributed by atoms with Gasteiger partial charge in [0.15, 0.2) is 0 Å². The Morgan fingerprint density at radius 1 is 1.40 bits per heavy atom. The quantitative estimate of drug-likeness (QED) is 0.654. The van der Waals surface area contributed by atoms with Crippen LogP contribution in [0.15, 0.2) is 30.8 Å². The number of hydrogen-bond acceptors (Lipinski definition) is 1. The molecule has 1 heteroatoms. The molecule has 0 heterocycles. The van der Waals surface area contributed by atoms with Crippen molar-refractivity contribution in [3.8, 4) is 0 Å². The summed E-state index contributed by atoms with van der Waals surface area (Å²) in [5, 5.41) is 8.80. The fourth-order valence-electron chi connectivity index (χ4n) is 0.877. The molecule has 1 aromatic rings. The van der Waals surface area contributed by atoms with Gasteiger partial charge in [-0.1, -0.05) is 36.9 Å². The van der Waals surface area contributed by atoms with Crippen molar-refractivity contribution in [3.63, 3.8) is 0 Å². The van der Waals surface area contributed by atoms with Gasteiger partial charge in [-0.15, -0.1) is 0 Å². The normalized spacial score (nSPS) is 9.30. The second-order valence-electron chi connectivity index (χ2n) is 2.06. The molecule has 0 aromatic heterocycles. The molecule has 0 saturated heterocycles. The fourth-order valence-corrected chi connectivity index (χ4v) is 0.877. The lowest BCUT2D eigenvalue weighted by molar-refractivity contribution is 0.281. The highest BCUT2D eigenvalue weighted by Crippen LogP contribution is 2.08. The molecule has 0 aliphatic rings. The van der Waals surface area contributed by atoms with Gasteiger partial charge in [0.25, 0.3) is 0 Å². The Morgan fingerprint density at radius 2 is 2.10 bits per heavy atom. The molecule has 0 fully saturated rings. The van der Waals surface area contributed by atoms with E-state index in [0.29, 0.717) is 0 Å². The third-order valence-corrected chi connectivity index (χ3v) is 1.45. The SMILES string of the molecule is C=Cc1ccccc1CO. The van der Waals surface area contributed by atoms with Crippen molar-refractivity contribution >= 4 is 6.08 Å². The van der Waals surface area contributed by atoms with Gasteiger partial charge >= 0.3 is 0 Å². The second kappa shape index (κ2) is 3.18. The lowest BCUT2D eigenvalue weighted by atomic mass is 10.1. The van der Waals surface area contributed by atoms with Gasteiger partial charge in [-0.2, -0.15) is 0 Å².